The minimum absolute atomic E-state index is 0.133. The highest BCUT2D eigenvalue weighted by molar-refractivity contribution is 6.06. The van der Waals surface area contributed by atoms with Gasteiger partial charge in [-0.25, -0.2) is 4.63 Å². The van der Waals surface area contributed by atoms with Gasteiger partial charge in [0.05, 0.1) is 12.7 Å². The van der Waals surface area contributed by atoms with Gasteiger partial charge in [0.1, 0.15) is 17.5 Å². The molecule has 1 aromatic heterocycles. The lowest BCUT2D eigenvalue weighted by molar-refractivity contribution is 0.101. The molecule has 0 aliphatic heterocycles. The molecule has 8 heteroatoms. The number of methoxy groups -OCH3 is 1. The third-order valence-corrected chi connectivity index (χ3v) is 2.33. The maximum Gasteiger partial charge on any atom is 0.281 e. The van der Waals surface area contributed by atoms with Gasteiger partial charge in [0, 0.05) is 0 Å². The van der Waals surface area contributed by atoms with E-state index in [0.29, 0.717) is 5.75 Å². The molecular weight excluding hydrogens is 250 g/mol. The number of carbonyl (C=O) groups is 1. The maximum atomic E-state index is 11.9. The average Bonchev–Trinajstić information content (AvgIpc) is 2.85. The van der Waals surface area contributed by atoms with Gasteiger partial charge in [0.2, 0.25) is 11.5 Å². The molecule has 1 aromatic carbocycles. The van der Waals surface area contributed by atoms with Gasteiger partial charge in [-0.1, -0.05) is 6.07 Å². The number of amides is 1. The number of rotatable bonds is 3. The summed E-state index contributed by atoms with van der Waals surface area (Å²) in [6.45, 7) is 0. The lowest BCUT2D eigenvalue weighted by atomic mass is 10.1. The number of carbonyl (C=O) groups excluding carboxylic acids is 1. The second-order valence-electron chi connectivity index (χ2n) is 3.45. The number of nitrogens with one attached hydrogen (secondary N) is 1. The molecule has 0 atom stereocenters. The highest BCUT2D eigenvalue weighted by atomic mass is 16.6. The van der Waals surface area contributed by atoms with Crippen molar-refractivity contribution in [3.8, 4) is 11.8 Å². The minimum Gasteiger partial charge on any atom is -0.495 e. The smallest absolute Gasteiger partial charge is 0.281 e. The molecule has 8 nitrogen and oxygen atoms in total. The molecule has 0 saturated heterocycles. The number of hydrogen-bond donors (Lipinski definition) is 2. The Morgan fingerprint density at radius 1 is 1.53 bits per heavy atom. The number of nitrogens with zero attached hydrogens (tertiary/aromatic N) is 3. The summed E-state index contributed by atoms with van der Waals surface area (Å²) < 4.78 is 9.41. The van der Waals surface area contributed by atoms with E-state index in [9.17, 15) is 4.79 Å². The average molecular weight is 259 g/mol. The second-order valence-corrected chi connectivity index (χ2v) is 3.45. The van der Waals surface area contributed by atoms with Crippen LogP contribution in [0.25, 0.3) is 0 Å². The van der Waals surface area contributed by atoms with Gasteiger partial charge in [-0.3, -0.25) is 4.79 Å². The zero-order chi connectivity index (χ0) is 13.8. The summed E-state index contributed by atoms with van der Waals surface area (Å²) in [5.74, 6) is -0.423. The summed E-state index contributed by atoms with van der Waals surface area (Å²) in [5, 5.41) is 18.2. The van der Waals surface area contributed by atoms with Gasteiger partial charge in [-0.05, 0) is 22.4 Å². The summed E-state index contributed by atoms with van der Waals surface area (Å²) in [6, 6.07) is 6.74. The van der Waals surface area contributed by atoms with Crippen LogP contribution in [-0.2, 0) is 0 Å². The van der Waals surface area contributed by atoms with Crippen LogP contribution in [0.3, 0.4) is 0 Å². The third-order valence-electron chi connectivity index (χ3n) is 2.33. The van der Waals surface area contributed by atoms with E-state index in [1.807, 2.05) is 6.07 Å². The number of nitriles is 1. The van der Waals surface area contributed by atoms with E-state index in [4.69, 9.17) is 15.7 Å². The monoisotopic (exact) mass is 259 g/mol. The van der Waals surface area contributed by atoms with Crippen LogP contribution in [0.4, 0.5) is 11.5 Å². The summed E-state index contributed by atoms with van der Waals surface area (Å²) in [5.41, 5.74) is 5.74. The van der Waals surface area contributed by atoms with Gasteiger partial charge in [-0.15, -0.1) is 0 Å². The Balaban J connectivity index is 2.36. The maximum absolute atomic E-state index is 11.9. The van der Waals surface area contributed by atoms with Crippen LogP contribution in [0.2, 0.25) is 0 Å². The fourth-order valence-electron chi connectivity index (χ4n) is 1.45. The van der Waals surface area contributed by atoms with Crippen molar-refractivity contribution < 1.29 is 14.2 Å². The standard InChI is InChI=1S/C11H9N5O3/c1-18-7-4-2-3-6(5-12)8(7)14-11(17)9-10(13)16-19-15-9/h2-4H,1H3,(H2,13,16)(H,14,17). The Hall–Kier alpha value is -3.08. The van der Waals surface area contributed by atoms with Crippen molar-refractivity contribution in [2.45, 2.75) is 0 Å². The van der Waals surface area contributed by atoms with Gasteiger partial charge in [-0.2, -0.15) is 5.26 Å². The van der Waals surface area contributed by atoms with Gasteiger partial charge < -0.3 is 15.8 Å². The minimum atomic E-state index is -0.639. The zero-order valence-corrected chi connectivity index (χ0v) is 9.88. The van der Waals surface area contributed by atoms with Crippen LogP contribution in [0.1, 0.15) is 16.1 Å². The van der Waals surface area contributed by atoms with Crippen LogP contribution < -0.4 is 15.8 Å². The summed E-state index contributed by atoms with van der Waals surface area (Å²) >= 11 is 0. The quantitative estimate of drug-likeness (QED) is 0.833. The number of aromatic nitrogens is 2. The summed E-state index contributed by atoms with van der Waals surface area (Å²) in [4.78, 5) is 11.9. The predicted molar refractivity (Wildman–Crippen MR) is 64.4 cm³/mol. The third kappa shape index (κ3) is 2.30. The van der Waals surface area contributed by atoms with E-state index in [-0.39, 0.29) is 22.8 Å². The van der Waals surface area contributed by atoms with Gasteiger partial charge >= 0.3 is 0 Å². The van der Waals surface area contributed by atoms with Crippen LogP contribution in [-0.4, -0.2) is 23.3 Å². The number of anilines is 2. The first-order chi connectivity index (χ1) is 9.17. The number of nitrogen functional groups attached to an aromatic ring is 1. The molecule has 0 fully saturated rings. The molecule has 3 N–H and O–H groups in total. The van der Waals surface area contributed by atoms with Crippen LogP contribution >= 0.6 is 0 Å². The Kier molecular flexibility index (Phi) is 3.29. The molecule has 2 rings (SSSR count). The molecule has 0 bridgehead atoms. The number of hydrogen-bond acceptors (Lipinski definition) is 7. The zero-order valence-electron chi connectivity index (χ0n) is 9.88. The SMILES string of the molecule is COc1cccc(C#N)c1NC(=O)c1nonc1N. The molecule has 19 heavy (non-hydrogen) atoms. The number of benzene rings is 1. The highest BCUT2D eigenvalue weighted by Crippen LogP contribution is 2.28. The first-order valence-electron chi connectivity index (χ1n) is 5.14. The molecule has 0 radical (unpaired) electrons. The molecular formula is C11H9N5O3. The van der Waals surface area contributed by atoms with Gasteiger partial charge in [0.15, 0.2) is 0 Å². The fourth-order valence-corrected chi connectivity index (χ4v) is 1.45. The van der Waals surface area contributed by atoms with E-state index in [2.05, 4.69) is 20.3 Å². The van der Waals surface area contributed by atoms with Crippen molar-refractivity contribution in [1.29, 1.82) is 5.26 Å². The Bertz CT molecular complexity index is 659. The normalized spacial score (nSPS) is 9.68. The van der Waals surface area contributed by atoms with Crippen LogP contribution in [0, 0.1) is 11.3 Å². The fraction of sp³-hybridized carbons (Fsp3) is 0.0909. The molecule has 2 aromatic rings. The molecule has 0 saturated carbocycles. The van der Waals surface area contributed by atoms with E-state index in [0.717, 1.165) is 0 Å². The van der Waals surface area contributed by atoms with Crippen molar-refractivity contribution in [1.82, 2.24) is 10.3 Å². The van der Waals surface area contributed by atoms with Crippen molar-refractivity contribution in [3.05, 3.63) is 29.5 Å². The lowest BCUT2D eigenvalue weighted by Gasteiger charge is -2.10. The topological polar surface area (TPSA) is 127 Å². The largest absolute Gasteiger partial charge is 0.495 e. The van der Waals surface area contributed by atoms with Crippen LogP contribution in [0.5, 0.6) is 5.75 Å². The Labute approximate surface area is 107 Å². The van der Waals surface area contributed by atoms with Crippen LogP contribution in [0.15, 0.2) is 22.8 Å². The molecule has 0 aliphatic rings. The van der Waals surface area contributed by atoms with Crippen molar-refractivity contribution >= 4 is 17.4 Å². The second kappa shape index (κ2) is 5.05. The van der Waals surface area contributed by atoms with Crippen molar-refractivity contribution in [3.63, 3.8) is 0 Å². The van der Waals surface area contributed by atoms with Gasteiger partial charge in [0.25, 0.3) is 5.91 Å². The highest BCUT2D eigenvalue weighted by Gasteiger charge is 2.19. The molecule has 1 amide bonds. The summed E-state index contributed by atoms with van der Waals surface area (Å²) in [6.07, 6.45) is 0. The molecule has 96 valence electrons. The van der Waals surface area contributed by atoms with E-state index in [1.54, 1.807) is 18.2 Å². The molecule has 0 unspecified atom stereocenters. The van der Waals surface area contributed by atoms with E-state index < -0.39 is 5.91 Å². The lowest BCUT2D eigenvalue weighted by Crippen LogP contribution is -2.15. The van der Waals surface area contributed by atoms with Crippen molar-refractivity contribution in [2.24, 2.45) is 0 Å². The number of ether oxygens (including phenoxy) is 1. The van der Waals surface area contributed by atoms with Crippen molar-refractivity contribution in [2.75, 3.05) is 18.2 Å². The molecule has 0 aliphatic carbocycles. The first kappa shape index (κ1) is 12.4. The van der Waals surface area contributed by atoms with E-state index >= 15 is 0 Å². The summed E-state index contributed by atoms with van der Waals surface area (Å²) in [7, 11) is 1.43. The number of nitrogens with two attached hydrogens (primary N) is 1. The molecule has 1 heterocycles. The molecule has 0 spiro atoms. The Morgan fingerprint density at radius 2 is 2.32 bits per heavy atom. The van der Waals surface area contributed by atoms with E-state index in [1.165, 1.54) is 7.11 Å². The number of para-hydroxylation sites is 1. The first-order valence-corrected chi connectivity index (χ1v) is 5.14. The predicted octanol–water partition coefficient (Wildman–Crippen LogP) is 0.784. The Morgan fingerprint density at radius 3 is 2.89 bits per heavy atom.